The summed E-state index contributed by atoms with van der Waals surface area (Å²) < 4.78 is 0. The molecule has 1 aromatic heterocycles. The zero-order chi connectivity index (χ0) is 12.3. The molecule has 0 aliphatic carbocycles. The fourth-order valence-electron chi connectivity index (χ4n) is 0.936. The first kappa shape index (κ1) is 12.4. The molecule has 0 atom stereocenters. The second-order valence-electron chi connectivity index (χ2n) is 3.66. The van der Waals surface area contributed by atoms with Gasteiger partial charge in [0.15, 0.2) is 6.29 Å². The van der Waals surface area contributed by atoms with Gasteiger partial charge in [0, 0.05) is 0 Å². The van der Waals surface area contributed by atoms with Gasteiger partial charge in [-0.15, -0.1) is 0 Å². The summed E-state index contributed by atoms with van der Waals surface area (Å²) in [6, 6.07) is 0. The highest BCUT2D eigenvalue weighted by atomic mass is 35.5. The van der Waals surface area contributed by atoms with Crippen LogP contribution in [0.4, 0.5) is 5.82 Å². The smallest absolute Gasteiger partial charge is 0.242 e. The third kappa shape index (κ3) is 2.46. The van der Waals surface area contributed by atoms with Gasteiger partial charge in [-0.2, -0.15) is 0 Å². The third-order valence-electron chi connectivity index (χ3n) is 2.00. The van der Waals surface area contributed by atoms with E-state index >= 15 is 0 Å². The Morgan fingerprint density at radius 3 is 2.69 bits per heavy atom. The maximum Gasteiger partial charge on any atom is 0.242 e. The number of nitrogens with one attached hydrogen (secondary N) is 1. The van der Waals surface area contributed by atoms with Gasteiger partial charge in [-0.3, -0.25) is 9.59 Å². The van der Waals surface area contributed by atoms with Crippen molar-refractivity contribution in [1.29, 1.82) is 0 Å². The molecular formula is C9H11ClN4O2. The molecule has 0 spiro atoms. The summed E-state index contributed by atoms with van der Waals surface area (Å²) in [4.78, 5) is 29.4. The minimum absolute atomic E-state index is 0.0211. The monoisotopic (exact) mass is 242 g/mol. The fourth-order valence-corrected chi connectivity index (χ4v) is 1.11. The van der Waals surface area contributed by atoms with Crippen LogP contribution in [0.2, 0.25) is 5.15 Å². The zero-order valence-corrected chi connectivity index (χ0v) is 9.58. The molecule has 0 aromatic carbocycles. The number of hydrogen-bond acceptors (Lipinski definition) is 5. The van der Waals surface area contributed by atoms with E-state index in [9.17, 15) is 9.59 Å². The Hall–Kier alpha value is -1.69. The van der Waals surface area contributed by atoms with Crippen LogP contribution in [-0.2, 0) is 4.79 Å². The van der Waals surface area contributed by atoms with Crippen molar-refractivity contribution in [1.82, 2.24) is 9.97 Å². The molecule has 1 aromatic rings. The van der Waals surface area contributed by atoms with E-state index in [1.807, 2.05) is 0 Å². The maximum absolute atomic E-state index is 11.1. The maximum atomic E-state index is 11.1. The van der Waals surface area contributed by atoms with Gasteiger partial charge in [0.2, 0.25) is 5.91 Å². The first-order valence-electron chi connectivity index (χ1n) is 4.42. The number of carbonyl (C=O) groups excluding carboxylic acids is 2. The Labute approximate surface area is 97.2 Å². The Balaban J connectivity index is 3.11. The highest BCUT2D eigenvalue weighted by molar-refractivity contribution is 6.32. The number of amides is 1. The average Bonchev–Trinajstić information content (AvgIpc) is 2.17. The summed E-state index contributed by atoms with van der Waals surface area (Å²) in [7, 11) is 0. The Morgan fingerprint density at radius 2 is 2.19 bits per heavy atom. The SMILES string of the molecule is CC(C)(Nc1ncnc(Cl)c1C=O)C(N)=O. The van der Waals surface area contributed by atoms with Gasteiger partial charge in [-0.25, -0.2) is 9.97 Å². The van der Waals surface area contributed by atoms with Crippen LogP contribution in [0.3, 0.4) is 0 Å². The normalized spacial score (nSPS) is 10.9. The van der Waals surface area contributed by atoms with Gasteiger partial charge < -0.3 is 11.1 Å². The molecule has 0 radical (unpaired) electrons. The van der Waals surface area contributed by atoms with Crippen molar-refractivity contribution in [3.8, 4) is 0 Å². The van der Waals surface area contributed by atoms with Crippen molar-refractivity contribution in [2.45, 2.75) is 19.4 Å². The Kier molecular flexibility index (Phi) is 3.44. The summed E-state index contributed by atoms with van der Waals surface area (Å²) in [6.07, 6.45) is 1.70. The number of aromatic nitrogens is 2. The quantitative estimate of drug-likeness (QED) is 0.596. The van der Waals surface area contributed by atoms with E-state index < -0.39 is 11.4 Å². The van der Waals surface area contributed by atoms with Crippen molar-refractivity contribution in [3.05, 3.63) is 17.0 Å². The predicted molar refractivity (Wildman–Crippen MR) is 59.3 cm³/mol. The van der Waals surface area contributed by atoms with E-state index in [1.54, 1.807) is 13.8 Å². The molecule has 0 fully saturated rings. The summed E-state index contributed by atoms with van der Waals surface area (Å²) in [5.41, 5.74) is 4.25. The van der Waals surface area contributed by atoms with E-state index in [1.165, 1.54) is 6.33 Å². The van der Waals surface area contributed by atoms with Crippen molar-refractivity contribution < 1.29 is 9.59 Å². The lowest BCUT2D eigenvalue weighted by atomic mass is 10.1. The number of nitrogens with two attached hydrogens (primary N) is 1. The number of hydrogen-bond donors (Lipinski definition) is 2. The van der Waals surface area contributed by atoms with Crippen LogP contribution in [-0.4, -0.2) is 27.7 Å². The first-order valence-corrected chi connectivity index (χ1v) is 4.80. The van der Waals surface area contributed by atoms with Crippen LogP contribution in [0.25, 0.3) is 0 Å². The highest BCUT2D eigenvalue weighted by Gasteiger charge is 2.26. The second-order valence-corrected chi connectivity index (χ2v) is 4.02. The van der Waals surface area contributed by atoms with Crippen molar-refractivity contribution >= 4 is 29.6 Å². The zero-order valence-electron chi connectivity index (χ0n) is 8.82. The van der Waals surface area contributed by atoms with Crippen LogP contribution in [0.5, 0.6) is 0 Å². The van der Waals surface area contributed by atoms with Gasteiger partial charge in [0.1, 0.15) is 22.8 Å². The molecule has 0 unspecified atom stereocenters. The number of halogens is 1. The molecule has 7 heteroatoms. The summed E-state index contributed by atoms with van der Waals surface area (Å²) >= 11 is 5.70. The molecule has 16 heavy (non-hydrogen) atoms. The van der Waals surface area contributed by atoms with Crippen LogP contribution >= 0.6 is 11.6 Å². The predicted octanol–water partition coefficient (Wildman–Crippen LogP) is 0.618. The number of nitrogens with zero attached hydrogens (tertiary/aromatic N) is 2. The van der Waals surface area contributed by atoms with Gasteiger partial charge in [-0.05, 0) is 13.8 Å². The molecule has 0 aliphatic heterocycles. The van der Waals surface area contributed by atoms with E-state index in [0.717, 1.165) is 0 Å². The molecule has 3 N–H and O–H groups in total. The third-order valence-corrected chi connectivity index (χ3v) is 2.30. The average molecular weight is 243 g/mol. The molecule has 0 saturated heterocycles. The number of anilines is 1. The molecular weight excluding hydrogens is 232 g/mol. The number of primary amides is 1. The molecule has 1 rings (SSSR count). The van der Waals surface area contributed by atoms with Crippen molar-refractivity contribution in [3.63, 3.8) is 0 Å². The number of carbonyl (C=O) groups is 2. The van der Waals surface area contributed by atoms with Gasteiger partial charge in [0.05, 0.1) is 5.56 Å². The fraction of sp³-hybridized carbons (Fsp3) is 0.333. The standard InChI is InChI=1S/C9H11ClN4O2/c1-9(2,8(11)16)14-7-5(3-15)6(10)12-4-13-7/h3-4H,1-2H3,(H2,11,16)(H,12,13,14). The van der Waals surface area contributed by atoms with E-state index in [2.05, 4.69) is 15.3 Å². The van der Waals surface area contributed by atoms with Gasteiger partial charge >= 0.3 is 0 Å². The molecule has 1 amide bonds. The van der Waals surface area contributed by atoms with Crippen LogP contribution in [0.15, 0.2) is 6.33 Å². The lowest BCUT2D eigenvalue weighted by Crippen LogP contribution is -2.45. The molecule has 1 heterocycles. The van der Waals surface area contributed by atoms with E-state index in [0.29, 0.717) is 6.29 Å². The molecule has 86 valence electrons. The first-order chi connectivity index (χ1) is 7.38. The van der Waals surface area contributed by atoms with E-state index in [-0.39, 0.29) is 16.5 Å². The topological polar surface area (TPSA) is 98.0 Å². The van der Waals surface area contributed by atoms with Crippen LogP contribution in [0.1, 0.15) is 24.2 Å². The highest BCUT2D eigenvalue weighted by Crippen LogP contribution is 2.20. The van der Waals surface area contributed by atoms with Gasteiger partial charge in [0.25, 0.3) is 0 Å². The summed E-state index contributed by atoms with van der Waals surface area (Å²) in [6.45, 7) is 3.14. The molecule has 6 nitrogen and oxygen atoms in total. The molecule has 0 bridgehead atoms. The Morgan fingerprint density at radius 1 is 1.56 bits per heavy atom. The second kappa shape index (κ2) is 4.44. The minimum atomic E-state index is -1.03. The lowest BCUT2D eigenvalue weighted by molar-refractivity contribution is -0.121. The van der Waals surface area contributed by atoms with Crippen molar-refractivity contribution in [2.75, 3.05) is 5.32 Å². The van der Waals surface area contributed by atoms with Crippen molar-refractivity contribution in [2.24, 2.45) is 5.73 Å². The summed E-state index contributed by atoms with van der Waals surface area (Å²) in [5.74, 6) is -0.391. The van der Waals surface area contributed by atoms with Gasteiger partial charge in [-0.1, -0.05) is 11.6 Å². The molecule has 0 aliphatic rings. The lowest BCUT2D eigenvalue weighted by Gasteiger charge is -2.23. The van der Waals surface area contributed by atoms with Crippen LogP contribution < -0.4 is 11.1 Å². The van der Waals surface area contributed by atoms with Crippen LogP contribution in [0, 0.1) is 0 Å². The summed E-state index contributed by atoms with van der Waals surface area (Å²) in [5, 5.41) is 2.76. The largest absolute Gasteiger partial charge is 0.368 e. The molecule has 0 saturated carbocycles. The number of rotatable bonds is 4. The van der Waals surface area contributed by atoms with E-state index in [4.69, 9.17) is 17.3 Å². The number of aldehydes is 1. The Bertz CT molecular complexity index is 434. The minimum Gasteiger partial charge on any atom is -0.368 e.